The normalized spacial score (nSPS) is 11.0. The minimum Gasteiger partial charge on any atom is -0.487 e. The average Bonchev–Trinajstić information content (AvgIpc) is 2.59. The summed E-state index contributed by atoms with van der Waals surface area (Å²) >= 11 is 0. The quantitative estimate of drug-likeness (QED) is 0.565. The molecule has 0 aliphatic carbocycles. The van der Waals surface area contributed by atoms with Crippen LogP contribution in [0.1, 0.15) is 5.69 Å². The number of benzene rings is 3. The van der Waals surface area contributed by atoms with Crippen LogP contribution in [0.15, 0.2) is 72.8 Å². The van der Waals surface area contributed by atoms with Gasteiger partial charge in [-0.3, -0.25) is 0 Å². The van der Waals surface area contributed by atoms with Crippen LogP contribution in [0, 0.1) is 0 Å². The zero-order chi connectivity index (χ0) is 15.6. The van der Waals surface area contributed by atoms with E-state index in [0.717, 1.165) is 38.8 Å². The van der Waals surface area contributed by atoms with E-state index in [-0.39, 0.29) is 0 Å². The number of hydrogen-bond acceptors (Lipinski definition) is 3. The molecule has 0 aliphatic rings. The van der Waals surface area contributed by atoms with Gasteiger partial charge < -0.3 is 10.5 Å². The molecular formula is C20H16N2O. The fourth-order valence-electron chi connectivity index (χ4n) is 2.74. The molecule has 0 saturated carbocycles. The summed E-state index contributed by atoms with van der Waals surface area (Å²) in [6.45, 7) is 0.439. The molecule has 3 heteroatoms. The average molecular weight is 300 g/mol. The fourth-order valence-corrected chi connectivity index (χ4v) is 2.74. The SMILES string of the molecule is Nc1ccc2c(OCc3ccc4ccccc4n3)cccc2c1. The maximum Gasteiger partial charge on any atom is 0.130 e. The smallest absolute Gasteiger partial charge is 0.130 e. The molecule has 112 valence electrons. The molecule has 0 bridgehead atoms. The Bertz CT molecular complexity index is 995. The van der Waals surface area contributed by atoms with Gasteiger partial charge >= 0.3 is 0 Å². The molecule has 0 radical (unpaired) electrons. The summed E-state index contributed by atoms with van der Waals surface area (Å²) in [5.41, 5.74) is 8.49. The highest BCUT2D eigenvalue weighted by Gasteiger charge is 2.04. The van der Waals surface area contributed by atoms with Crippen molar-refractivity contribution in [1.82, 2.24) is 4.98 Å². The molecule has 0 saturated heterocycles. The molecular weight excluding hydrogens is 284 g/mol. The lowest BCUT2D eigenvalue weighted by atomic mass is 10.1. The van der Waals surface area contributed by atoms with Gasteiger partial charge in [-0.05, 0) is 41.8 Å². The van der Waals surface area contributed by atoms with Gasteiger partial charge in [0.25, 0.3) is 0 Å². The molecule has 1 heterocycles. The first-order valence-corrected chi connectivity index (χ1v) is 7.55. The third-order valence-electron chi connectivity index (χ3n) is 3.90. The largest absolute Gasteiger partial charge is 0.487 e. The number of ether oxygens (including phenoxy) is 1. The number of nitrogen functional groups attached to an aromatic ring is 1. The zero-order valence-corrected chi connectivity index (χ0v) is 12.6. The highest BCUT2D eigenvalue weighted by molar-refractivity contribution is 5.90. The van der Waals surface area contributed by atoms with E-state index in [4.69, 9.17) is 10.5 Å². The molecule has 3 aromatic carbocycles. The number of para-hydroxylation sites is 1. The van der Waals surface area contributed by atoms with Gasteiger partial charge in [-0.25, -0.2) is 4.98 Å². The minimum absolute atomic E-state index is 0.439. The maximum atomic E-state index is 5.99. The summed E-state index contributed by atoms with van der Waals surface area (Å²) in [6.07, 6.45) is 0. The van der Waals surface area contributed by atoms with Crippen LogP contribution in [0.25, 0.3) is 21.7 Å². The second-order valence-corrected chi connectivity index (χ2v) is 5.52. The van der Waals surface area contributed by atoms with Crippen LogP contribution in [0.2, 0.25) is 0 Å². The molecule has 0 aliphatic heterocycles. The molecule has 0 atom stereocenters. The molecule has 3 nitrogen and oxygen atoms in total. The first kappa shape index (κ1) is 13.6. The van der Waals surface area contributed by atoms with Crippen molar-refractivity contribution >= 4 is 27.4 Å². The first-order valence-electron chi connectivity index (χ1n) is 7.55. The molecule has 0 unspecified atom stereocenters. The number of nitrogens with two attached hydrogens (primary N) is 1. The van der Waals surface area contributed by atoms with Crippen molar-refractivity contribution in [2.75, 3.05) is 5.73 Å². The lowest BCUT2D eigenvalue weighted by molar-refractivity contribution is 0.305. The third kappa shape index (κ3) is 2.69. The lowest BCUT2D eigenvalue weighted by Gasteiger charge is -2.10. The minimum atomic E-state index is 0.439. The summed E-state index contributed by atoms with van der Waals surface area (Å²) in [6, 6.07) is 24.0. The van der Waals surface area contributed by atoms with E-state index in [0.29, 0.717) is 6.61 Å². The number of nitrogens with zero attached hydrogens (tertiary/aromatic N) is 1. The second-order valence-electron chi connectivity index (χ2n) is 5.52. The molecule has 23 heavy (non-hydrogen) atoms. The number of hydrogen-bond donors (Lipinski definition) is 1. The van der Waals surface area contributed by atoms with Crippen molar-refractivity contribution in [1.29, 1.82) is 0 Å². The van der Waals surface area contributed by atoms with Crippen LogP contribution >= 0.6 is 0 Å². The Hall–Kier alpha value is -3.07. The van der Waals surface area contributed by atoms with Gasteiger partial charge in [-0.1, -0.05) is 36.4 Å². The Labute approximate surface area is 134 Å². The zero-order valence-electron chi connectivity index (χ0n) is 12.6. The molecule has 4 aromatic rings. The van der Waals surface area contributed by atoms with Gasteiger partial charge in [0.05, 0.1) is 11.2 Å². The molecule has 0 fully saturated rings. The van der Waals surface area contributed by atoms with Crippen molar-refractivity contribution in [2.45, 2.75) is 6.61 Å². The third-order valence-corrected chi connectivity index (χ3v) is 3.90. The van der Waals surface area contributed by atoms with Crippen molar-refractivity contribution in [2.24, 2.45) is 0 Å². The van der Waals surface area contributed by atoms with Gasteiger partial charge in [0.15, 0.2) is 0 Å². The maximum absolute atomic E-state index is 5.99. The lowest BCUT2D eigenvalue weighted by Crippen LogP contribution is -1.99. The van der Waals surface area contributed by atoms with Crippen LogP contribution in [0.5, 0.6) is 5.75 Å². The Morgan fingerprint density at radius 3 is 2.65 bits per heavy atom. The number of anilines is 1. The van der Waals surface area contributed by atoms with Crippen molar-refractivity contribution in [3.63, 3.8) is 0 Å². The van der Waals surface area contributed by atoms with Crippen molar-refractivity contribution in [3.05, 3.63) is 78.5 Å². The number of pyridine rings is 1. The van der Waals surface area contributed by atoms with E-state index < -0.39 is 0 Å². The summed E-state index contributed by atoms with van der Waals surface area (Å²) in [5.74, 6) is 0.845. The van der Waals surface area contributed by atoms with Crippen LogP contribution in [0.3, 0.4) is 0 Å². The summed E-state index contributed by atoms with van der Waals surface area (Å²) in [5, 5.41) is 3.27. The van der Waals surface area contributed by atoms with Crippen LogP contribution in [0.4, 0.5) is 5.69 Å². The van der Waals surface area contributed by atoms with Gasteiger partial charge in [0, 0.05) is 16.5 Å². The van der Waals surface area contributed by atoms with Crippen molar-refractivity contribution in [3.8, 4) is 5.75 Å². The van der Waals surface area contributed by atoms with E-state index in [1.54, 1.807) is 0 Å². The highest BCUT2D eigenvalue weighted by atomic mass is 16.5. The van der Waals surface area contributed by atoms with E-state index in [2.05, 4.69) is 17.1 Å². The van der Waals surface area contributed by atoms with E-state index in [1.807, 2.05) is 60.7 Å². The monoisotopic (exact) mass is 300 g/mol. The van der Waals surface area contributed by atoms with Gasteiger partial charge in [0.2, 0.25) is 0 Å². The standard InChI is InChI=1S/C20H16N2O/c21-16-9-11-18-15(12-16)5-3-7-20(18)23-13-17-10-8-14-4-1-2-6-19(14)22-17/h1-12H,13,21H2. The second kappa shape index (κ2) is 5.61. The Morgan fingerprint density at radius 2 is 1.70 bits per heavy atom. The van der Waals surface area contributed by atoms with E-state index in [9.17, 15) is 0 Å². The van der Waals surface area contributed by atoms with Crippen LogP contribution in [-0.2, 0) is 6.61 Å². The Morgan fingerprint density at radius 1 is 0.826 bits per heavy atom. The van der Waals surface area contributed by atoms with Gasteiger partial charge in [-0.2, -0.15) is 0 Å². The topological polar surface area (TPSA) is 48.1 Å². The van der Waals surface area contributed by atoms with Crippen molar-refractivity contribution < 1.29 is 4.74 Å². The summed E-state index contributed by atoms with van der Waals surface area (Å²) in [7, 11) is 0. The first-order chi connectivity index (χ1) is 11.3. The Balaban J connectivity index is 1.63. The number of aromatic nitrogens is 1. The molecule has 0 spiro atoms. The number of fused-ring (bicyclic) bond motifs is 2. The van der Waals surface area contributed by atoms with E-state index >= 15 is 0 Å². The Kier molecular flexibility index (Phi) is 3.31. The molecule has 2 N–H and O–H groups in total. The predicted molar refractivity (Wildman–Crippen MR) is 94.4 cm³/mol. The van der Waals surface area contributed by atoms with Gasteiger partial charge in [0.1, 0.15) is 12.4 Å². The fraction of sp³-hybridized carbons (Fsp3) is 0.0500. The molecule has 0 amide bonds. The summed E-state index contributed by atoms with van der Waals surface area (Å²) in [4.78, 5) is 4.64. The number of rotatable bonds is 3. The van der Waals surface area contributed by atoms with Crippen LogP contribution in [-0.4, -0.2) is 4.98 Å². The van der Waals surface area contributed by atoms with Gasteiger partial charge in [-0.15, -0.1) is 0 Å². The predicted octanol–water partition coefficient (Wildman–Crippen LogP) is 4.55. The highest BCUT2D eigenvalue weighted by Crippen LogP contribution is 2.27. The summed E-state index contributed by atoms with van der Waals surface area (Å²) < 4.78 is 5.99. The van der Waals surface area contributed by atoms with E-state index in [1.165, 1.54) is 0 Å². The molecule has 4 rings (SSSR count). The van der Waals surface area contributed by atoms with Crippen LogP contribution < -0.4 is 10.5 Å². The molecule has 1 aromatic heterocycles.